The minimum Gasteiger partial charge on any atom is -0.490 e. The van der Waals surface area contributed by atoms with E-state index in [-0.39, 0.29) is 23.0 Å². The van der Waals surface area contributed by atoms with Crippen molar-refractivity contribution in [1.82, 2.24) is 0 Å². The Labute approximate surface area is 126 Å². The molecule has 0 saturated carbocycles. The maximum atomic E-state index is 10.8. The summed E-state index contributed by atoms with van der Waals surface area (Å²) < 4.78 is 10.6. The third-order valence-electron chi connectivity index (χ3n) is 2.24. The van der Waals surface area contributed by atoms with E-state index < -0.39 is 5.91 Å². The first-order valence-electron chi connectivity index (χ1n) is 5.91. The third kappa shape index (κ3) is 4.72. The van der Waals surface area contributed by atoms with E-state index >= 15 is 0 Å². The molecule has 0 aliphatic rings. The Balaban J connectivity index is 3.24. The highest BCUT2D eigenvalue weighted by Crippen LogP contribution is 2.37. The number of hydrogen-bond donors (Lipinski definition) is 1. The van der Waals surface area contributed by atoms with Gasteiger partial charge in [-0.25, -0.2) is 0 Å². The molecule has 0 unspecified atom stereocenters. The van der Waals surface area contributed by atoms with Gasteiger partial charge < -0.3 is 15.2 Å². The number of nitrogens with two attached hydrogens (primary N) is 1. The predicted molar refractivity (Wildman–Crippen MR) is 76.5 cm³/mol. The van der Waals surface area contributed by atoms with E-state index in [0.717, 1.165) is 0 Å². The Morgan fingerprint density at radius 3 is 2.57 bits per heavy atom. The van der Waals surface area contributed by atoms with E-state index in [9.17, 15) is 4.79 Å². The minimum absolute atomic E-state index is 0.0701. The van der Waals surface area contributed by atoms with Crippen molar-refractivity contribution in [1.29, 1.82) is 10.5 Å². The lowest BCUT2D eigenvalue weighted by Crippen LogP contribution is -2.20. The highest BCUT2D eigenvalue weighted by atomic mass is 35.5. The van der Waals surface area contributed by atoms with Gasteiger partial charge in [-0.05, 0) is 30.7 Å². The zero-order valence-electron chi connectivity index (χ0n) is 11.2. The first-order chi connectivity index (χ1) is 10.0. The van der Waals surface area contributed by atoms with Crippen LogP contribution in [0.1, 0.15) is 12.5 Å². The number of nitriles is 2. The summed E-state index contributed by atoms with van der Waals surface area (Å²) in [5.74, 6) is -0.161. The van der Waals surface area contributed by atoms with Crippen molar-refractivity contribution >= 4 is 23.6 Å². The average Bonchev–Trinajstić information content (AvgIpc) is 2.43. The molecule has 0 spiro atoms. The van der Waals surface area contributed by atoms with Crippen molar-refractivity contribution in [2.45, 2.75) is 6.92 Å². The van der Waals surface area contributed by atoms with Crippen LogP contribution in [0.3, 0.4) is 0 Å². The Hall–Kier alpha value is -2.70. The van der Waals surface area contributed by atoms with E-state index in [1.807, 2.05) is 0 Å². The minimum atomic E-state index is -0.645. The largest absolute Gasteiger partial charge is 0.490 e. The molecule has 0 fully saturated rings. The zero-order valence-corrected chi connectivity index (χ0v) is 12.0. The van der Waals surface area contributed by atoms with Gasteiger partial charge in [0.2, 0.25) is 0 Å². The van der Waals surface area contributed by atoms with Crippen LogP contribution in [0.5, 0.6) is 11.5 Å². The fourth-order valence-corrected chi connectivity index (χ4v) is 1.75. The molecular weight excluding hydrogens is 294 g/mol. The smallest absolute Gasteiger partial charge is 0.255 e. The summed E-state index contributed by atoms with van der Waals surface area (Å²) in [4.78, 5) is 10.8. The number of hydrogen-bond acceptors (Lipinski definition) is 5. The van der Waals surface area contributed by atoms with Crippen LogP contribution in [0.2, 0.25) is 5.02 Å². The third-order valence-corrected chi connectivity index (χ3v) is 2.52. The van der Waals surface area contributed by atoms with Gasteiger partial charge >= 0.3 is 0 Å². The molecule has 0 aliphatic heterocycles. The summed E-state index contributed by atoms with van der Waals surface area (Å²) in [6, 6.07) is 6.55. The quantitative estimate of drug-likeness (QED) is 0.809. The lowest BCUT2D eigenvalue weighted by Gasteiger charge is -2.13. The Morgan fingerprint density at radius 2 is 2.05 bits per heavy atom. The first kappa shape index (κ1) is 16.4. The van der Waals surface area contributed by atoms with E-state index in [0.29, 0.717) is 17.9 Å². The van der Waals surface area contributed by atoms with Gasteiger partial charge in [-0.1, -0.05) is 11.6 Å². The molecule has 108 valence electrons. The topological polar surface area (TPSA) is 109 Å². The Bertz CT molecular complexity index is 641. The number of rotatable bonds is 6. The maximum Gasteiger partial charge on any atom is 0.255 e. The fourth-order valence-electron chi connectivity index (χ4n) is 1.47. The van der Waals surface area contributed by atoms with Crippen LogP contribution in [0.15, 0.2) is 17.7 Å². The van der Waals surface area contributed by atoms with Gasteiger partial charge in [-0.2, -0.15) is 10.5 Å². The lowest BCUT2D eigenvalue weighted by molar-refractivity contribution is -0.119. The van der Waals surface area contributed by atoms with Crippen LogP contribution < -0.4 is 15.2 Å². The van der Waals surface area contributed by atoms with Crippen LogP contribution >= 0.6 is 11.6 Å². The maximum absolute atomic E-state index is 10.8. The molecule has 0 aromatic heterocycles. The summed E-state index contributed by atoms with van der Waals surface area (Å²) in [5, 5.41) is 17.7. The zero-order chi connectivity index (χ0) is 15.8. The molecule has 0 atom stereocenters. The van der Waals surface area contributed by atoms with Crippen molar-refractivity contribution in [2.24, 2.45) is 5.73 Å². The van der Waals surface area contributed by atoms with Crippen LogP contribution in [0.4, 0.5) is 0 Å². The number of carbonyl (C=O) groups is 1. The fraction of sp³-hybridized carbons (Fsp3) is 0.214. The molecule has 1 aromatic carbocycles. The molecule has 0 aliphatic carbocycles. The van der Waals surface area contributed by atoms with E-state index in [1.54, 1.807) is 25.1 Å². The second-order valence-electron chi connectivity index (χ2n) is 3.80. The van der Waals surface area contributed by atoms with Crippen LogP contribution in [-0.4, -0.2) is 19.1 Å². The molecule has 0 radical (unpaired) electrons. The molecule has 1 aromatic rings. The molecule has 1 amide bonds. The van der Waals surface area contributed by atoms with Crippen LogP contribution in [0.25, 0.3) is 6.08 Å². The van der Waals surface area contributed by atoms with Crippen molar-refractivity contribution in [3.05, 3.63) is 28.3 Å². The summed E-state index contributed by atoms with van der Waals surface area (Å²) in [7, 11) is 0. The average molecular weight is 306 g/mol. The molecule has 0 heterocycles. The Morgan fingerprint density at radius 1 is 1.38 bits per heavy atom. The van der Waals surface area contributed by atoms with Crippen molar-refractivity contribution < 1.29 is 14.3 Å². The van der Waals surface area contributed by atoms with Gasteiger partial charge in [0.25, 0.3) is 5.91 Å². The number of halogens is 1. The summed E-state index contributed by atoms with van der Waals surface area (Å²) in [5.41, 5.74) is 5.45. The molecule has 21 heavy (non-hydrogen) atoms. The molecule has 0 saturated heterocycles. The van der Waals surface area contributed by atoms with Gasteiger partial charge in [0.1, 0.15) is 17.7 Å². The van der Waals surface area contributed by atoms with E-state index in [4.69, 9.17) is 37.3 Å². The van der Waals surface area contributed by atoms with Crippen LogP contribution in [-0.2, 0) is 4.79 Å². The number of nitrogens with zero attached hydrogens (tertiary/aromatic N) is 2. The van der Waals surface area contributed by atoms with Crippen molar-refractivity contribution in [3.63, 3.8) is 0 Å². The van der Waals surface area contributed by atoms with Gasteiger partial charge in [0, 0.05) is 0 Å². The second kappa shape index (κ2) is 7.78. The first-order valence-corrected chi connectivity index (χ1v) is 6.29. The monoisotopic (exact) mass is 305 g/mol. The highest BCUT2D eigenvalue weighted by Gasteiger charge is 2.13. The van der Waals surface area contributed by atoms with Crippen molar-refractivity contribution in [2.75, 3.05) is 13.2 Å². The molecule has 7 heteroatoms. The number of ether oxygens (including phenoxy) is 2. The molecule has 2 N–H and O–H groups in total. The van der Waals surface area contributed by atoms with Gasteiger partial charge in [0.15, 0.2) is 18.1 Å². The SMILES string of the molecule is CCOc1cc(C=C(C#N)C#N)cc(Cl)c1OCC(N)=O. The van der Waals surface area contributed by atoms with Gasteiger partial charge in [0.05, 0.1) is 11.6 Å². The lowest BCUT2D eigenvalue weighted by atomic mass is 10.1. The normalized spacial score (nSPS) is 9.14. The number of benzene rings is 1. The molecular formula is C14H12ClN3O3. The number of primary amides is 1. The summed E-state index contributed by atoms with van der Waals surface area (Å²) in [6.45, 7) is 1.78. The van der Waals surface area contributed by atoms with Gasteiger partial charge in [-0.15, -0.1) is 0 Å². The Kier molecular flexibility index (Phi) is 6.06. The second-order valence-corrected chi connectivity index (χ2v) is 4.21. The molecule has 1 rings (SSSR count). The molecule has 6 nitrogen and oxygen atoms in total. The van der Waals surface area contributed by atoms with Crippen LogP contribution in [0, 0.1) is 22.7 Å². The molecule has 0 bridgehead atoms. The number of allylic oxidation sites excluding steroid dienone is 1. The standard InChI is InChI=1S/C14H12ClN3O3/c1-2-20-12-5-9(3-10(6-16)7-17)4-11(15)14(12)21-8-13(18)19/h3-5H,2,8H2,1H3,(H2,18,19). The van der Waals surface area contributed by atoms with Crippen molar-refractivity contribution in [3.8, 4) is 23.6 Å². The van der Waals surface area contributed by atoms with E-state index in [1.165, 1.54) is 12.1 Å². The predicted octanol–water partition coefficient (Wildman–Crippen LogP) is 2.03. The highest BCUT2D eigenvalue weighted by molar-refractivity contribution is 6.32. The number of carbonyl (C=O) groups excluding carboxylic acids is 1. The number of amides is 1. The summed E-state index contributed by atoms with van der Waals surface area (Å²) in [6.07, 6.45) is 1.37. The summed E-state index contributed by atoms with van der Waals surface area (Å²) >= 11 is 6.07. The van der Waals surface area contributed by atoms with Gasteiger partial charge in [-0.3, -0.25) is 4.79 Å². The van der Waals surface area contributed by atoms with E-state index in [2.05, 4.69) is 0 Å².